The SMILES string of the molecule is C=C=C(C)/C(C)=C/CC(=C)c1ccccc1Cl. The van der Waals surface area contributed by atoms with E-state index in [0.29, 0.717) is 0 Å². The maximum Gasteiger partial charge on any atom is 0.0481 e. The molecule has 0 nitrogen and oxygen atoms in total. The maximum atomic E-state index is 6.12. The highest BCUT2D eigenvalue weighted by atomic mass is 35.5. The van der Waals surface area contributed by atoms with E-state index in [9.17, 15) is 0 Å². The maximum absolute atomic E-state index is 6.12. The minimum atomic E-state index is 0.750. The summed E-state index contributed by atoms with van der Waals surface area (Å²) >= 11 is 6.12. The second kappa shape index (κ2) is 6.30. The Bertz CT molecular complexity index is 500. The summed E-state index contributed by atoms with van der Waals surface area (Å²) in [4.78, 5) is 0. The van der Waals surface area contributed by atoms with E-state index in [1.807, 2.05) is 38.1 Å². The molecule has 0 atom stereocenters. The van der Waals surface area contributed by atoms with Gasteiger partial charge in [-0.15, -0.1) is 5.73 Å². The number of halogens is 1. The van der Waals surface area contributed by atoms with Gasteiger partial charge in [0.2, 0.25) is 0 Å². The lowest BCUT2D eigenvalue weighted by atomic mass is 10.0. The molecule has 0 saturated carbocycles. The molecule has 1 rings (SSSR count). The van der Waals surface area contributed by atoms with Gasteiger partial charge in [-0.05, 0) is 48.6 Å². The van der Waals surface area contributed by atoms with Crippen molar-refractivity contribution in [2.75, 3.05) is 0 Å². The number of allylic oxidation sites excluding steroid dienone is 4. The fraction of sp³-hybridized carbons (Fsp3) is 0.188. The molecule has 0 aliphatic carbocycles. The van der Waals surface area contributed by atoms with Crippen molar-refractivity contribution in [3.05, 3.63) is 71.0 Å². The lowest BCUT2D eigenvalue weighted by Crippen LogP contribution is -1.84. The van der Waals surface area contributed by atoms with Crippen LogP contribution >= 0.6 is 11.6 Å². The third kappa shape index (κ3) is 3.78. The smallest absolute Gasteiger partial charge is 0.0481 e. The van der Waals surface area contributed by atoms with Gasteiger partial charge < -0.3 is 0 Å². The van der Waals surface area contributed by atoms with E-state index in [1.165, 1.54) is 5.57 Å². The molecule has 17 heavy (non-hydrogen) atoms. The van der Waals surface area contributed by atoms with Crippen LogP contribution in [0.5, 0.6) is 0 Å². The molecule has 1 aromatic carbocycles. The molecule has 0 fully saturated rings. The summed E-state index contributed by atoms with van der Waals surface area (Å²) < 4.78 is 0. The van der Waals surface area contributed by atoms with Crippen molar-refractivity contribution in [1.29, 1.82) is 0 Å². The number of benzene rings is 1. The first-order valence-corrected chi connectivity index (χ1v) is 5.90. The standard InChI is InChI=1S/C16H17Cl/c1-5-12(2)13(3)10-11-14(4)15-8-6-7-9-16(15)17/h6-10H,1,4,11H2,2-3H3/b13-10+. The average Bonchev–Trinajstić information content (AvgIpc) is 2.35. The molecular weight excluding hydrogens is 228 g/mol. The Kier molecular flexibility index (Phi) is 5.03. The zero-order valence-electron chi connectivity index (χ0n) is 10.4. The Morgan fingerprint density at radius 3 is 2.59 bits per heavy atom. The monoisotopic (exact) mass is 244 g/mol. The highest BCUT2D eigenvalue weighted by Gasteiger charge is 2.02. The fourth-order valence-corrected chi connectivity index (χ4v) is 1.70. The minimum Gasteiger partial charge on any atom is -0.125 e. The third-order valence-corrected chi connectivity index (χ3v) is 3.10. The Labute approximate surface area is 109 Å². The molecule has 0 bridgehead atoms. The van der Waals surface area contributed by atoms with Crippen molar-refractivity contribution in [2.45, 2.75) is 20.3 Å². The topological polar surface area (TPSA) is 0 Å². The molecule has 0 N–H and O–H groups in total. The van der Waals surface area contributed by atoms with E-state index >= 15 is 0 Å². The summed E-state index contributed by atoms with van der Waals surface area (Å²) in [5.41, 5.74) is 7.16. The van der Waals surface area contributed by atoms with Crippen LogP contribution in [0.25, 0.3) is 5.57 Å². The van der Waals surface area contributed by atoms with Gasteiger partial charge in [0.15, 0.2) is 0 Å². The summed E-state index contributed by atoms with van der Waals surface area (Å²) in [7, 11) is 0. The van der Waals surface area contributed by atoms with Gasteiger partial charge >= 0.3 is 0 Å². The van der Waals surface area contributed by atoms with Gasteiger partial charge in [0.25, 0.3) is 0 Å². The van der Waals surface area contributed by atoms with Crippen molar-refractivity contribution in [2.24, 2.45) is 0 Å². The predicted octanol–water partition coefficient (Wildman–Crippen LogP) is 5.42. The molecule has 1 aromatic rings. The summed E-state index contributed by atoms with van der Waals surface area (Å²) in [5.74, 6) is 0. The van der Waals surface area contributed by atoms with Gasteiger partial charge in [-0.3, -0.25) is 0 Å². The van der Waals surface area contributed by atoms with Crippen LogP contribution < -0.4 is 0 Å². The van der Waals surface area contributed by atoms with Crippen LogP contribution in [0.2, 0.25) is 5.02 Å². The molecule has 0 heterocycles. The fourth-order valence-electron chi connectivity index (χ4n) is 1.43. The van der Waals surface area contributed by atoms with Gasteiger partial charge in [0.1, 0.15) is 0 Å². The van der Waals surface area contributed by atoms with Crippen molar-refractivity contribution in [3.63, 3.8) is 0 Å². The van der Waals surface area contributed by atoms with E-state index in [0.717, 1.165) is 28.2 Å². The van der Waals surface area contributed by atoms with E-state index < -0.39 is 0 Å². The van der Waals surface area contributed by atoms with Gasteiger partial charge in [0.05, 0.1) is 0 Å². The lowest BCUT2D eigenvalue weighted by molar-refractivity contribution is 1.28. The van der Waals surface area contributed by atoms with Gasteiger partial charge in [-0.1, -0.05) is 49.0 Å². The van der Waals surface area contributed by atoms with Crippen molar-refractivity contribution < 1.29 is 0 Å². The molecule has 0 aromatic heterocycles. The highest BCUT2D eigenvalue weighted by molar-refractivity contribution is 6.32. The van der Waals surface area contributed by atoms with Crippen LogP contribution in [-0.2, 0) is 0 Å². The van der Waals surface area contributed by atoms with Crippen LogP contribution in [0.4, 0.5) is 0 Å². The summed E-state index contributed by atoms with van der Waals surface area (Å²) in [6, 6.07) is 7.76. The Morgan fingerprint density at radius 1 is 1.35 bits per heavy atom. The zero-order valence-corrected chi connectivity index (χ0v) is 11.1. The summed E-state index contributed by atoms with van der Waals surface area (Å²) in [6.07, 6.45) is 2.91. The quantitative estimate of drug-likeness (QED) is 0.490. The van der Waals surface area contributed by atoms with E-state index in [1.54, 1.807) is 0 Å². The van der Waals surface area contributed by atoms with Crippen molar-refractivity contribution in [1.82, 2.24) is 0 Å². The van der Waals surface area contributed by atoms with Gasteiger partial charge in [0, 0.05) is 5.02 Å². The highest BCUT2D eigenvalue weighted by Crippen LogP contribution is 2.25. The van der Waals surface area contributed by atoms with Crippen LogP contribution in [0.1, 0.15) is 25.8 Å². The molecule has 0 aliphatic rings. The number of hydrogen-bond acceptors (Lipinski definition) is 0. The first kappa shape index (κ1) is 13.6. The second-order valence-corrected chi connectivity index (χ2v) is 4.38. The molecular formula is C16H17Cl. The average molecular weight is 245 g/mol. The molecule has 0 amide bonds. The molecule has 0 spiro atoms. The molecule has 0 aliphatic heterocycles. The van der Waals surface area contributed by atoms with E-state index in [2.05, 4.69) is 25.0 Å². The summed E-state index contributed by atoms with van der Waals surface area (Å²) in [6.45, 7) is 11.7. The minimum absolute atomic E-state index is 0.750. The third-order valence-electron chi connectivity index (χ3n) is 2.77. The normalized spacial score (nSPS) is 10.9. The van der Waals surface area contributed by atoms with Crippen LogP contribution in [-0.4, -0.2) is 0 Å². The van der Waals surface area contributed by atoms with Gasteiger partial charge in [-0.25, -0.2) is 0 Å². The number of hydrogen-bond donors (Lipinski definition) is 0. The first-order chi connectivity index (χ1) is 8.06. The van der Waals surface area contributed by atoms with Crippen LogP contribution in [0.15, 0.2) is 60.4 Å². The van der Waals surface area contributed by atoms with E-state index in [-0.39, 0.29) is 0 Å². The van der Waals surface area contributed by atoms with Gasteiger partial charge in [-0.2, -0.15) is 0 Å². The first-order valence-electron chi connectivity index (χ1n) is 5.52. The summed E-state index contributed by atoms with van der Waals surface area (Å²) in [5, 5.41) is 0.750. The zero-order chi connectivity index (χ0) is 12.8. The van der Waals surface area contributed by atoms with Crippen LogP contribution in [0.3, 0.4) is 0 Å². The molecule has 0 unspecified atom stereocenters. The largest absolute Gasteiger partial charge is 0.125 e. The second-order valence-electron chi connectivity index (χ2n) is 3.98. The number of rotatable bonds is 4. The molecule has 0 saturated heterocycles. The van der Waals surface area contributed by atoms with E-state index in [4.69, 9.17) is 11.6 Å². The Balaban J connectivity index is 2.82. The lowest BCUT2D eigenvalue weighted by Gasteiger charge is -2.06. The molecule has 1 heteroatoms. The predicted molar refractivity (Wildman–Crippen MR) is 77.2 cm³/mol. The Morgan fingerprint density at radius 2 is 2.00 bits per heavy atom. The Hall–Kier alpha value is -1.49. The van der Waals surface area contributed by atoms with Crippen molar-refractivity contribution in [3.8, 4) is 0 Å². The van der Waals surface area contributed by atoms with Crippen molar-refractivity contribution >= 4 is 17.2 Å². The van der Waals surface area contributed by atoms with Crippen LogP contribution in [0, 0.1) is 0 Å². The molecule has 0 radical (unpaired) electrons. The molecule has 88 valence electrons.